The van der Waals surface area contributed by atoms with Crippen molar-refractivity contribution < 1.29 is 9.21 Å². The van der Waals surface area contributed by atoms with Gasteiger partial charge >= 0.3 is 0 Å². The molecule has 1 aromatic heterocycles. The van der Waals surface area contributed by atoms with Crippen LogP contribution in [0.4, 0.5) is 0 Å². The molecule has 0 fully saturated rings. The number of nitrogens with one attached hydrogen (secondary N) is 1. The Balaban J connectivity index is 1.80. The summed E-state index contributed by atoms with van der Waals surface area (Å²) in [5, 5.41) is 3.37. The molecule has 5 nitrogen and oxygen atoms in total. The number of likely N-dealkylation sites (N-methyl/N-ethyl adjacent to an activating group) is 1. The standard InChI is InChI=1S/C22H24N2O3/c1-14-5-8-16(9-6-14)18(24(3)4)13-23-22(26)21-12-19(25)17-11-15(2)7-10-20(17)27-21/h5-12,18H,13H2,1-4H3,(H,23,26)/t18-/m1/s1. The second kappa shape index (κ2) is 7.76. The van der Waals surface area contributed by atoms with Crippen LogP contribution in [0.3, 0.4) is 0 Å². The van der Waals surface area contributed by atoms with Crippen LogP contribution in [0.15, 0.2) is 57.7 Å². The Kier molecular flexibility index (Phi) is 5.42. The molecule has 3 rings (SSSR count). The van der Waals surface area contributed by atoms with Gasteiger partial charge in [-0.1, -0.05) is 41.5 Å². The summed E-state index contributed by atoms with van der Waals surface area (Å²) in [6, 6.07) is 14.8. The van der Waals surface area contributed by atoms with Crippen LogP contribution < -0.4 is 10.7 Å². The maximum Gasteiger partial charge on any atom is 0.287 e. The molecule has 0 aliphatic rings. The molecule has 0 bridgehead atoms. The molecular formula is C22H24N2O3. The second-order valence-corrected chi connectivity index (χ2v) is 7.07. The molecule has 1 heterocycles. The quantitative estimate of drug-likeness (QED) is 0.753. The summed E-state index contributed by atoms with van der Waals surface area (Å²) in [6.45, 7) is 4.36. The zero-order valence-electron chi connectivity index (χ0n) is 16.1. The van der Waals surface area contributed by atoms with Crippen LogP contribution in [-0.2, 0) is 0 Å². The number of carbonyl (C=O) groups excluding carboxylic acids is 1. The third kappa shape index (κ3) is 4.26. The monoisotopic (exact) mass is 364 g/mol. The lowest BCUT2D eigenvalue weighted by Gasteiger charge is -2.25. The molecular weight excluding hydrogens is 340 g/mol. The molecule has 0 saturated carbocycles. The fourth-order valence-electron chi connectivity index (χ4n) is 3.05. The number of benzene rings is 2. The molecule has 0 unspecified atom stereocenters. The molecule has 140 valence electrons. The van der Waals surface area contributed by atoms with E-state index in [1.165, 1.54) is 11.6 Å². The van der Waals surface area contributed by atoms with Gasteiger partial charge < -0.3 is 14.6 Å². The van der Waals surface area contributed by atoms with Gasteiger partial charge in [-0.05, 0) is 45.6 Å². The first-order chi connectivity index (χ1) is 12.8. The highest BCUT2D eigenvalue weighted by Crippen LogP contribution is 2.18. The van der Waals surface area contributed by atoms with Gasteiger partial charge in [-0.3, -0.25) is 9.59 Å². The van der Waals surface area contributed by atoms with Crippen molar-refractivity contribution in [1.82, 2.24) is 10.2 Å². The third-order valence-electron chi connectivity index (χ3n) is 4.65. The van der Waals surface area contributed by atoms with Gasteiger partial charge in [0.2, 0.25) is 0 Å². The Morgan fingerprint density at radius 3 is 2.37 bits per heavy atom. The Labute approximate surface area is 158 Å². The lowest BCUT2D eigenvalue weighted by atomic mass is 10.0. The van der Waals surface area contributed by atoms with E-state index >= 15 is 0 Å². The first-order valence-corrected chi connectivity index (χ1v) is 8.91. The smallest absolute Gasteiger partial charge is 0.287 e. The fraction of sp³-hybridized carbons (Fsp3) is 0.273. The van der Waals surface area contributed by atoms with E-state index in [2.05, 4.69) is 29.6 Å². The van der Waals surface area contributed by atoms with Crippen LogP contribution in [0.5, 0.6) is 0 Å². The van der Waals surface area contributed by atoms with E-state index in [0.29, 0.717) is 17.5 Å². The summed E-state index contributed by atoms with van der Waals surface area (Å²) >= 11 is 0. The Hall–Kier alpha value is -2.92. The van der Waals surface area contributed by atoms with Gasteiger partial charge in [-0.2, -0.15) is 0 Å². The Bertz CT molecular complexity index is 1020. The highest BCUT2D eigenvalue weighted by molar-refractivity contribution is 5.93. The average Bonchev–Trinajstić information content (AvgIpc) is 2.63. The summed E-state index contributed by atoms with van der Waals surface area (Å²) < 4.78 is 5.65. The summed E-state index contributed by atoms with van der Waals surface area (Å²) in [4.78, 5) is 26.9. The number of amides is 1. The molecule has 1 N–H and O–H groups in total. The molecule has 0 spiro atoms. The van der Waals surface area contributed by atoms with Crippen molar-refractivity contribution in [3.63, 3.8) is 0 Å². The van der Waals surface area contributed by atoms with Crippen molar-refractivity contribution in [3.8, 4) is 0 Å². The van der Waals surface area contributed by atoms with Crippen LogP contribution in [0.2, 0.25) is 0 Å². The predicted octanol–water partition coefficient (Wildman–Crippen LogP) is 3.44. The predicted molar refractivity (Wildman–Crippen MR) is 107 cm³/mol. The number of rotatable bonds is 5. The molecule has 0 radical (unpaired) electrons. The van der Waals surface area contributed by atoms with Gasteiger partial charge in [0, 0.05) is 12.6 Å². The largest absolute Gasteiger partial charge is 0.451 e. The van der Waals surface area contributed by atoms with Gasteiger partial charge in [0.25, 0.3) is 5.91 Å². The first-order valence-electron chi connectivity index (χ1n) is 8.91. The van der Waals surface area contributed by atoms with Crippen LogP contribution in [0, 0.1) is 13.8 Å². The highest BCUT2D eigenvalue weighted by Gasteiger charge is 2.18. The lowest BCUT2D eigenvalue weighted by Crippen LogP contribution is -2.34. The van der Waals surface area contributed by atoms with Gasteiger partial charge in [0.1, 0.15) is 5.58 Å². The highest BCUT2D eigenvalue weighted by atomic mass is 16.3. The van der Waals surface area contributed by atoms with Crippen molar-refractivity contribution in [3.05, 3.63) is 81.2 Å². The van der Waals surface area contributed by atoms with E-state index in [0.717, 1.165) is 11.1 Å². The van der Waals surface area contributed by atoms with E-state index in [9.17, 15) is 9.59 Å². The summed E-state index contributed by atoms with van der Waals surface area (Å²) in [7, 11) is 3.93. The maximum absolute atomic E-state index is 12.6. The maximum atomic E-state index is 12.6. The van der Waals surface area contributed by atoms with Gasteiger partial charge in [0.05, 0.1) is 11.4 Å². The molecule has 1 atom stereocenters. The lowest BCUT2D eigenvalue weighted by molar-refractivity contribution is 0.0914. The minimum Gasteiger partial charge on any atom is -0.451 e. The van der Waals surface area contributed by atoms with Gasteiger partial charge in [-0.25, -0.2) is 0 Å². The Morgan fingerprint density at radius 2 is 1.70 bits per heavy atom. The van der Waals surface area contributed by atoms with Gasteiger partial charge in [-0.15, -0.1) is 0 Å². The van der Waals surface area contributed by atoms with Crippen LogP contribution in [-0.4, -0.2) is 31.4 Å². The van der Waals surface area contributed by atoms with E-state index < -0.39 is 5.91 Å². The van der Waals surface area contributed by atoms with Crippen molar-refractivity contribution in [2.45, 2.75) is 19.9 Å². The number of carbonyl (C=O) groups is 1. The zero-order chi connectivity index (χ0) is 19.6. The molecule has 0 saturated heterocycles. The average molecular weight is 364 g/mol. The van der Waals surface area contributed by atoms with Crippen molar-refractivity contribution >= 4 is 16.9 Å². The molecule has 0 aliphatic heterocycles. The molecule has 0 aliphatic carbocycles. The molecule has 27 heavy (non-hydrogen) atoms. The Morgan fingerprint density at radius 1 is 1.04 bits per heavy atom. The summed E-state index contributed by atoms with van der Waals surface area (Å²) in [6.07, 6.45) is 0. The fourth-order valence-corrected chi connectivity index (χ4v) is 3.05. The van der Waals surface area contributed by atoms with Crippen molar-refractivity contribution in [2.24, 2.45) is 0 Å². The minimum atomic E-state index is -0.395. The van der Waals surface area contributed by atoms with Gasteiger partial charge in [0.15, 0.2) is 11.2 Å². The van der Waals surface area contributed by atoms with Crippen LogP contribution in [0.25, 0.3) is 11.0 Å². The summed E-state index contributed by atoms with van der Waals surface area (Å²) in [5.74, 6) is -0.369. The van der Waals surface area contributed by atoms with E-state index in [-0.39, 0.29) is 17.2 Å². The zero-order valence-corrected chi connectivity index (χ0v) is 16.1. The normalized spacial score (nSPS) is 12.3. The number of aryl methyl sites for hydroxylation is 2. The second-order valence-electron chi connectivity index (χ2n) is 7.07. The van der Waals surface area contributed by atoms with Crippen molar-refractivity contribution in [2.75, 3.05) is 20.6 Å². The van der Waals surface area contributed by atoms with E-state index in [1.54, 1.807) is 12.1 Å². The first kappa shape index (κ1) is 18.9. The van der Waals surface area contributed by atoms with E-state index in [4.69, 9.17) is 4.42 Å². The number of nitrogens with zero attached hydrogens (tertiary/aromatic N) is 1. The van der Waals surface area contributed by atoms with E-state index in [1.807, 2.05) is 38.9 Å². The number of hydrogen-bond acceptors (Lipinski definition) is 4. The summed E-state index contributed by atoms with van der Waals surface area (Å²) in [5.41, 5.74) is 3.47. The van der Waals surface area contributed by atoms with Crippen LogP contribution in [0.1, 0.15) is 33.3 Å². The molecule has 1 amide bonds. The SMILES string of the molecule is Cc1ccc([C@@H](CNC(=O)c2cc(=O)c3cc(C)ccc3o2)N(C)C)cc1. The number of hydrogen-bond donors (Lipinski definition) is 1. The van der Waals surface area contributed by atoms with Crippen molar-refractivity contribution in [1.29, 1.82) is 0 Å². The number of fused-ring (bicyclic) bond motifs is 1. The molecule has 5 heteroatoms. The topological polar surface area (TPSA) is 62.6 Å². The molecule has 3 aromatic rings. The minimum absolute atomic E-state index is 0.0179. The molecule has 2 aromatic carbocycles. The van der Waals surface area contributed by atoms with Crippen LogP contribution >= 0.6 is 0 Å². The third-order valence-corrected chi connectivity index (χ3v) is 4.65.